The summed E-state index contributed by atoms with van der Waals surface area (Å²) in [5.74, 6) is 0.824. The summed E-state index contributed by atoms with van der Waals surface area (Å²) in [4.78, 5) is 0. The van der Waals surface area contributed by atoms with Gasteiger partial charge in [0.25, 0.3) is 0 Å². The summed E-state index contributed by atoms with van der Waals surface area (Å²) in [6.45, 7) is 5.56. The molecule has 0 aliphatic carbocycles. The quantitative estimate of drug-likeness (QED) is 0.842. The Hall–Kier alpha value is -0.890. The van der Waals surface area contributed by atoms with Crippen LogP contribution in [0.25, 0.3) is 0 Å². The molecule has 2 aromatic heterocycles. The molecule has 2 aromatic rings. The zero-order valence-electron chi connectivity index (χ0n) is 9.85. The van der Waals surface area contributed by atoms with Crippen LogP contribution in [0.5, 0.6) is 0 Å². The van der Waals surface area contributed by atoms with E-state index in [9.17, 15) is 0 Å². The van der Waals surface area contributed by atoms with Crippen LogP contribution < -0.4 is 5.32 Å². The predicted octanol–water partition coefficient (Wildman–Crippen LogP) is 2.02. The van der Waals surface area contributed by atoms with E-state index in [-0.39, 0.29) is 0 Å². The maximum absolute atomic E-state index is 5.26. The molecule has 0 fully saturated rings. The lowest BCUT2D eigenvalue weighted by molar-refractivity contribution is 0.363. The molecular weight excluding hydrogens is 331 g/mol. The molecular formula is C11H15IN4O. The van der Waals surface area contributed by atoms with Gasteiger partial charge in [0.2, 0.25) is 0 Å². The van der Waals surface area contributed by atoms with Crippen LogP contribution in [-0.2, 0) is 13.1 Å². The highest BCUT2D eigenvalue weighted by Gasteiger charge is 2.06. The monoisotopic (exact) mass is 346 g/mol. The average Bonchev–Trinajstić information content (AvgIpc) is 2.86. The van der Waals surface area contributed by atoms with E-state index in [2.05, 4.69) is 52.0 Å². The summed E-state index contributed by atoms with van der Waals surface area (Å²) < 4.78 is 8.21. The Morgan fingerprint density at radius 1 is 1.53 bits per heavy atom. The van der Waals surface area contributed by atoms with Gasteiger partial charge >= 0.3 is 0 Å². The van der Waals surface area contributed by atoms with Crippen LogP contribution in [0.15, 0.2) is 23.0 Å². The minimum atomic E-state index is 0.447. The van der Waals surface area contributed by atoms with E-state index in [4.69, 9.17) is 4.52 Å². The minimum Gasteiger partial charge on any atom is -0.359 e. The zero-order chi connectivity index (χ0) is 12.3. The summed E-state index contributed by atoms with van der Waals surface area (Å²) >= 11 is 2.23. The highest BCUT2D eigenvalue weighted by atomic mass is 127. The van der Waals surface area contributed by atoms with Gasteiger partial charge in [-0.15, -0.1) is 0 Å². The van der Waals surface area contributed by atoms with E-state index in [0.29, 0.717) is 12.6 Å². The third-order valence-corrected chi connectivity index (χ3v) is 2.78. The largest absolute Gasteiger partial charge is 0.359 e. The third-order valence-electron chi connectivity index (χ3n) is 2.22. The molecule has 0 aromatic carbocycles. The fourth-order valence-corrected chi connectivity index (χ4v) is 1.85. The lowest BCUT2D eigenvalue weighted by Gasteiger charge is -2.03. The van der Waals surface area contributed by atoms with Crippen molar-refractivity contribution in [2.75, 3.05) is 0 Å². The number of hydrogen-bond acceptors (Lipinski definition) is 4. The molecule has 0 aliphatic heterocycles. The minimum absolute atomic E-state index is 0.447. The van der Waals surface area contributed by atoms with Crippen LogP contribution in [0.3, 0.4) is 0 Å². The second-order valence-corrected chi connectivity index (χ2v) is 5.42. The molecule has 0 unspecified atom stereocenters. The average molecular weight is 346 g/mol. The van der Waals surface area contributed by atoms with Gasteiger partial charge in [-0.2, -0.15) is 5.10 Å². The molecule has 5 nitrogen and oxygen atoms in total. The lowest BCUT2D eigenvalue weighted by atomic mass is 10.3. The Bertz CT molecular complexity index is 477. The number of nitrogens with one attached hydrogen (secondary N) is 1. The van der Waals surface area contributed by atoms with Crippen molar-refractivity contribution in [2.24, 2.45) is 0 Å². The van der Waals surface area contributed by atoms with Gasteiger partial charge in [-0.1, -0.05) is 19.0 Å². The topological polar surface area (TPSA) is 55.9 Å². The van der Waals surface area contributed by atoms with Gasteiger partial charge in [0.1, 0.15) is 6.54 Å². The van der Waals surface area contributed by atoms with Crippen molar-refractivity contribution >= 4 is 22.6 Å². The molecule has 17 heavy (non-hydrogen) atoms. The second kappa shape index (κ2) is 5.63. The maximum atomic E-state index is 5.26. The highest BCUT2D eigenvalue weighted by Crippen LogP contribution is 2.07. The van der Waals surface area contributed by atoms with Crippen LogP contribution in [0, 0.1) is 3.57 Å². The summed E-state index contributed by atoms with van der Waals surface area (Å²) in [7, 11) is 0. The molecule has 0 saturated heterocycles. The van der Waals surface area contributed by atoms with E-state index < -0.39 is 0 Å². The Morgan fingerprint density at radius 3 is 3.00 bits per heavy atom. The molecule has 0 atom stereocenters. The normalized spacial score (nSPS) is 11.3. The fraction of sp³-hybridized carbons (Fsp3) is 0.455. The first-order valence-electron chi connectivity index (χ1n) is 5.49. The van der Waals surface area contributed by atoms with Crippen LogP contribution >= 0.6 is 22.6 Å². The summed E-state index contributed by atoms with van der Waals surface area (Å²) in [5.41, 5.74) is 0.926. The Labute approximate surface area is 114 Å². The number of nitrogens with zero attached hydrogens (tertiary/aromatic N) is 3. The number of hydrogen-bond donors (Lipinski definition) is 1. The molecule has 92 valence electrons. The first-order chi connectivity index (χ1) is 8.13. The molecule has 0 saturated carbocycles. The number of aromatic nitrogens is 3. The van der Waals surface area contributed by atoms with Gasteiger partial charge in [-0.3, -0.25) is 4.68 Å². The highest BCUT2D eigenvalue weighted by molar-refractivity contribution is 14.1. The lowest BCUT2D eigenvalue weighted by Crippen LogP contribution is -2.21. The molecule has 2 heterocycles. The molecule has 1 N–H and O–H groups in total. The first-order valence-corrected chi connectivity index (χ1v) is 6.57. The van der Waals surface area contributed by atoms with E-state index in [1.54, 1.807) is 0 Å². The Balaban J connectivity index is 1.94. The van der Waals surface area contributed by atoms with Gasteiger partial charge in [-0.25, -0.2) is 0 Å². The van der Waals surface area contributed by atoms with Gasteiger partial charge in [0, 0.05) is 24.8 Å². The number of halogens is 1. The summed E-state index contributed by atoms with van der Waals surface area (Å²) in [5, 5.41) is 11.5. The van der Waals surface area contributed by atoms with Crippen molar-refractivity contribution in [3.05, 3.63) is 33.5 Å². The maximum Gasteiger partial charge on any atom is 0.158 e. The van der Waals surface area contributed by atoms with E-state index in [1.807, 2.05) is 23.1 Å². The molecule has 0 amide bonds. The summed E-state index contributed by atoms with van der Waals surface area (Å²) in [6, 6.07) is 2.41. The van der Waals surface area contributed by atoms with Gasteiger partial charge < -0.3 is 9.84 Å². The Morgan fingerprint density at radius 2 is 2.35 bits per heavy atom. The fourth-order valence-electron chi connectivity index (χ4n) is 1.41. The van der Waals surface area contributed by atoms with Crippen molar-refractivity contribution in [2.45, 2.75) is 33.0 Å². The van der Waals surface area contributed by atoms with Crippen molar-refractivity contribution in [1.29, 1.82) is 0 Å². The van der Waals surface area contributed by atoms with Crippen LogP contribution in [0.1, 0.15) is 25.3 Å². The van der Waals surface area contributed by atoms with Crippen molar-refractivity contribution in [3.8, 4) is 0 Å². The zero-order valence-corrected chi connectivity index (χ0v) is 12.0. The molecule has 0 bridgehead atoms. The van der Waals surface area contributed by atoms with Crippen LogP contribution in [0.4, 0.5) is 0 Å². The van der Waals surface area contributed by atoms with Crippen LogP contribution in [0.2, 0.25) is 0 Å². The molecule has 6 heteroatoms. The van der Waals surface area contributed by atoms with Crippen molar-refractivity contribution in [1.82, 2.24) is 20.3 Å². The SMILES string of the molecule is CC(C)NCc1cc(Cn2cc(I)cn2)on1. The van der Waals surface area contributed by atoms with Gasteiger partial charge in [-0.05, 0) is 22.6 Å². The molecule has 0 radical (unpaired) electrons. The molecule has 0 aliphatic rings. The summed E-state index contributed by atoms with van der Waals surface area (Å²) in [6.07, 6.45) is 3.78. The van der Waals surface area contributed by atoms with Gasteiger partial charge in [0.05, 0.1) is 15.5 Å². The predicted molar refractivity (Wildman–Crippen MR) is 72.5 cm³/mol. The van der Waals surface area contributed by atoms with Crippen molar-refractivity contribution < 1.29 is 4.52 Å². The van der Waals surface area contributed by atoms with E-state index in [0.717, 1.165) is 21.6 Å². The van der Waals surface area contributed by atoms with Gasteiger partial charge in [0.15, 0.2) is 5.76 Å². The number of rotatable bonds is 5. The standard InChI is InChI=1S/C11H15IN4O/c1-8(2)13-5-10-3-11(17-15-10)7-16-6-9(12)4-14-16/h3-4,6,8,13H,5,7H2,1-2H3. The molecule has 2 rings (SSSR count). The van der Waals surface area contributed by atoms with E-state index >= 15 is 0 Å². The van der Waals surface area contributed by atoms with E-state index in [1.165, 1.54) is 0 Å². The van der Waals surface area contributed by atoms with Crippen molar-refractivity contribution in [3.63, 3.8) is 0 Å². The molecule has 0 spiro atoms. The van der Waals surface area contributed by atoms with Crippen LogP contribution in [-0.4, -0.2) is 21.0 Å². The second-order valence-electron chi connectivity index (χ2n) is 4.18. The Kier molecular flexibility index (Phi) is 4.16. The third kappa shape index (κ3) is 3.81. The first kappa shape index (κ1) is 12.6. The smallest absolute Gasteiger partial charge is 0.158 e.